The molecule has 7 nitrogen and oxygen atoms in total. The summed E-state index contributed by atoms with van der Waals surface area (Å²) in [5, 5.41) is 2.29. The van der Waals surface area contributed by atoms with Gasteiger partial charge in [-0.2, -0.15) is 0 Å². The summed E-state index contributed by atoms with van der Waals surface area (Å²) in [4.78, 5) is 38.3. The van der Waals surface area contributed by atoms with Gasteiger partial charge in [-0.1, -0.05) is 12.1 Å². The number of rotatable bonds is 8. The number of hydrogen-bond acceptors (Lipinski definition) is 6. The fourth-order valence-corrected chi connectivity index (χ4v) is 3.83. The molecule has 0 bridgehead atoms. The maximum atomic E-state index is 13.0. The summed E-state index contributed by atoms with van der Waals surface area (Å²) in [5.41, 5.74) is 1.28. The highest BCUT2D eigenvalue weighted by molar-refractivity contribution is 8.18. The molecule has 31 heavy (non-hydrogen) atoms. The Bertz CT molecular complexity index is 1020. The Morgan fingerprint density at radius 1 is 1.13 bits per heavy atom. The fraction of sp³-hybridized carbons (Fsp3) is 0.227. The third-order valence-corrected chi connectivity index (χ3v) is 5.44. The van der Waals surface area contributed by atoms with Gasteiger partial charge in [0.2, 0.25) is 5.91 Å². The van der Waals surface area contributed by atoms with Gasteiger partial charge in [-0.05, 0) is 53.7 Å². The Labute approximate surface area is 183 Å². The molecule has 0 spiro atoms. The minimum atomic E-state index is -0.442. The highest BCUT2D eigenvalue weighted by Crippen LogP contribution is 2.32. The topological polar surface area (TPSA) is 84.9 Å². The van der Waals surface area contributed by atoms with E-state index in [1.807, 2.05) is 0 Å². The zero-order valence-electron chi connectivity index (χ0n) is 17.0. The lowest BCUT2D eigenvalue weighted by atomic mass is 10.1. The van der Waals surface area contributed by atoms with Crippen LogP contribution in [0.25, 0.3) is 6.08 Å². The minimum Gasteiger partial charge on any atom is -0.497 e. The van der Waals surface area contributed by atoms with Crippen molar-refractivity contribution < 1.29 is 28.2 Å². The van der Waals surface area contributed by atoms with E-state index in [-0.39, 0.29) is 36.1 Å². The van der Waals surface area contributed by atoms with Gasteiger partial charge in [0, 0.05) is 18.7 Å². The van der Waals surface area contributed by atoms with Gasteiger partial charge in [-0.25, -0.2) is 4.39 Å². The SMILES string of the molecule is COc1ccc(OC)c(CC(=O)NCCN2C(=O)SC(=Cc3ccc(F)cc3)C2=O)c1. The van der Waals surface area contributed by atoms with Gasteiger partial charge in [-0.3, -0.25) is 19.3 Å². The molecule has 162 valence electrons. The second-order valence-corrected chi connectivity index (χ2v) is 7.58. The van der Waals surface area contributed by atoms with Gasteiger partial charge in [0.1, 0.15) is 17.3 Å². The molecule has 0 aliphatic carbocycles. The van der Waals surface area contributed by atoms with Crippen LogP contribution >= 0.6 is 11.8 Å². The second kappa shape index (κ2) is 10.1. The first-order chi connectivity index (χ1) is 14.9. The standard InChI is InChI=1S/C22H21FN2O5S/c1-29-17-7-8-18(30-2)15(12-17)13-20(26)24-9-10-25-21(27)19(31-22(25)28)11-14-3-5-16(23)6-4-14/h3-8,11-12H,9-10,13H2,1-2H3,(H,24,26). The molecule has 1 heterocycles. The van der Waals surface area contributed by atoms with E-state index >= 15 is 0 Å². The van der Waals surface area contributed by atoms with Gasteiger partial charge in [-0.15, -0.1) is 0 Å². The van der Waals surface area contributed by atoms with Crippen molar-refractivity contribution in [1.29, 1.82) is 0 Å². The molecular weight excluding hydrogens is 423 g/mol. The lowest BCUT2D eigenvalue weighted by Gasteiger charge is -2.14. The first-order valence-corrected chi connectivity index (χ1v) is 10.2. The van der Waals surface area contributed by atoms with Crippen molar-refractivity contribution in [2.24, 2.45) is 0 Å². The molecule has 1 N–H and O–H groups in total. The molecule has 1 aliphatic rings. The maximum absolute atomic E-state index is 13.0. The molecule has 0 radical (unpaired) electrons. The van der Waals surface area contributed by atoms with Crippen molar-refractivity contribution in [2.45, 2.75) is 6.42 Å². The first-order valence-electron chi connectivity index (χ1n) is 9.40. The molecule has 0 saturated carbocycles. The molecule has 3 rings (SSSR count). The number of carbonyl (C=O) groups is 3. The van der Waals surface area contributed by atoms with Crippen LogP contribution in [-0.2, 0) is 16.0 Å². The van der Waals surface area contributed by atoms with Crippen molar-refractivity contribution in [3.8, 4) is 11.5 Å². The summed E-state index contributed by atoms with van der Waals surface area (Å²) in [6, 6.07) is 10.8. The highest BCUT2D eigenvalue weighted by Gasteiger charge is 2.34. The lowest BCUT2D eigenvalue weighted by Crippen LogP contribution is -2.37. The number of thioether (sulfide) groups is 1. The van der Waals surface area contributed by atoms with Crippen LogP contribution in [0.5, 0.6) is 11.5 Å². The zero-order valence-corrected chi connectivity index (χ0v) is 17.8. The summed E-state index contributed by atoms with van der Waals surface area (Å²) in [6.45, 7) is 0.166. The van der Waals surface area contributed by atoms with E-state index in [1.165, 1.54) is 44.6 Å². The summed E-state index contributed by atoms with van der Waals surface area (Å²) in [6.07, 6.45) is 1.60. The number of hydrogen-bond donors (Lipinski definition) is 1. The normalized spacial score (nSPS) is 14.8. The van der Waals surface area contributed by atoms with Gasteiger partial charge < -0.3 is 14.8 Å². The quantitative estimate of drug-likeness (QED) is 0.630. The van der Waals surface area contributed by atoms with Crippen LogP contribution in [-0.4, -0.2) is 49.3 Å². The van der Waals surface area contributed by atoms with E-state index in [0.717, 1.165) is 16.7 Å². The summed E-state index contributed by atoms with van der Waals surface area (Å²) in [7, 11) is 3.05. The van der Waals surface area contributed by atoms with E-state index in [0.29, 0.717) is 22.6 Å². The molecule has 2 aromatic carbocycles. The highest BCUT2D eigenvalue weighted by atomic mass is 32.2. The van der Waals surface area contributed by atoms with Crippen molar-refractivity contribution in [2.75, 3.05) is 27.3 Å². The number of nitrogens with one attached hydrogen (secondary N) is 1. The van der Waals surface area contributed by atoms with Crippen LogP contribution in [0.4, 0.5) is 9.18 Å². The Kier molecular flexibility index (Phi) is 7.30. The predicted molar refractivity (Wildman–Crippen MR) is 115 cm³/mol. The van der Waals surface area contributed by atoms with Crippen molar-refractivity contribution in [3.63, 3.8) is 0 Å². The zero-order chi connectivity index (χ0) is 22.4. The average molecular weight is 444 g/mol. The Morgan fingerprint density at radius 3 is 2.55 bits per heavy atom. The smallest absolute Gasteiger partial charge is 0.293 e. The van der Waals surface area contributed by atoms with Crippen molar-refractivity contribution >= 4 is 34.9 Å². The molecule has 9 heteroatoms. The van der Waals surface area contributed by atoms with Gasteiger partial charge in [0.25, 0.3) is 11.1 Å². The molecule has 0 unspecified atom stereocenters. The van der Waals surface area contributed by atoms with E-state index in [1.54, 1.807) is 18.2 Å². The summed E-state index contributed by atoms with van der Waals surface area (Å²) in [5.74, 6) is 0.0677. The van der Waals surface area contributed by atoms with E-state index < -0.39 is 11.1 Å². The van der Waals surface area contributed by atoms with Crippen LogP contribution < -0.4 is 14.8 Å². The Morgan fingerprint density at radius 2 is 1.87 bits per heavy atom. The van der Waals surface area contributed by atoms with Gasteiger partial charge >= 0.3 is 0 Å². The van der Waals surface area contributed by atoms with Crippen LogP contribution in [0.1, 0.15) is 11.1 Å². The van der Waals surface area contributed by atoms with Gasteiger partial charge in [0.05, 0.1) is 25.5 Å². The molecule has 1 fully saturated rings. The largest absolute Gasteiger partial charge is 0.497 e. The van der Waals surface area contributed by atoms with Crippen LogP contribution in [0.15, 0.2) is 47.4 Å². The first kappa shape index (κ1) is 22.4. The third-order valence-electron chi connectivity index (χ3n) is 4.54. The van der Waals surface area contributed by atoms with Crippen molar-refractivity contribution in [3.05, 3.63) is 64.3 Å². The predicted octanol–water partition coefficient (Wildman–Crippen LogP) is 3.24. The summed E-state index contributed by atoms with van der Waals surface area (Å²) < 4.78 is 23.5. The number of ether oxygens (including phenoxy) is 2. The molecule has 0 atom stereocenters. The number of methoxy groups -OCH3 is 2. The monoisotopic (exact) mass is 444 g/mol. The summed E-state index contributed by atoms with van der Waals surface area (Å²) >= 11 is 0.813. The number of halogens is 1. The molecule has 3 amide bonds. The number of nitrogens with zero attached hydrogens (tertiary/aromatic N) is 1. The molecule has 1 saturated heterocycles. The van der Waals surface area contributed by atoms with Crippen LogP contribution in [0.2, 0.25) is 0 Å². The Hall–Kier alpha value is -3.33. The number of imide groups is 1. The maximum Gasteiger partial charge on any atom is 0.293 e. The lowest BCUT2D eigenvalue weighted by molar-refractivity contribution is -0.124. The van der Waals surface area contributed by atoms with E-state index in [4.69, 9.17) is 9.47 Å². The molecular formula is C22H21FN2O5S. The third kappa shape index (κ3) is 5.64. The molecule has 2 aromatic rings. The average Bonchev–Trinajstić information content (AvgIpc) is 3.02. The second-order valence-electron chi connectivity index (χ2n) is 6.59. The van der Waals surface area contributed by atoms with Crippen LogP contribution in [0, 0.1) is 5.82 Å². The van der Waals surface area contributed by atoms with Gasteiger partial charge in [0.15, 0.2) is 0 Å². The number of carbonyl (C=O) groups excluding carboxylic acids is 3. The molecule has 0 aromatic heterocycles. The fourth-order valence-electron chi connectivity index (χ4n) is 2.97. The van der Waals surface area contributed by atoms with Crippen LogP contribution in [0.3, 0.4) is 0 Å². The van der Waals surface area contributed by atoms with E-state index in [2.05, 4.69) is 5.32 Å². The number of benzene rings is 2. The minimum absolute atomic E-state index is 0.0480. The number of amides is 3. The van der Waals surface area contributed by atoms with Crippen molar-refractivity contribution in [1.82, 2.24) is 10.2 Å². The van der Waals surface area contributed by atoms with E-state index in [9.17, 15) is 18.8 Å². The Balaban J connectivity index is 1.55. The molecule has 1 aliphatic heterocycles.